The minimum absolute atomic E-state index is 0.00820. The lowest BCUT2D eigenvalue weighted by molar-refractivity contribution is -0.135. The Balaban J connectivity index is 1.42. The summed E-state index contributed by atoms with van der Waals surface area (Å²) < 4.78 is 5.34. The number of ether oxygens (including phenoxy) is 1. The summed E-state index contributed by atoms with van der Waals surface area (Å²) in [5.41, 5.74) is 2.67. The second-order valence-corrected chi connectivity index (χ2v) is 7.55. The monoisotopic (exact) mass is 361 g/mol. The quantitative estimate of drug-likeness (QED) is 0.809. The van der Waals surface area contributed by atoms with E-state index in [2.05, 4.69) is 22.1 Å². The molecule has 0 radical (unpaired) electrons. The van der Waals surface area contributed by atoms with Gasteiger partial charge < -0.3 is 19.4 Å². The molecule has 0 aliphatic carbocycles. The number of nitrogens with one attached hydrogen (secondary N) is 1. The number of fused-ring (bicyclic) bond motifs is 1. The van der Waals surface area contributed by atoms with Gasteiger partial charge in [0.1, 0.15) is 0 Å². The molecule has 26 heavy (non-hydrogen) atoms. The molecule has 2 saturated heterocycles. The molecule has 1 N–H and O–H groups in total. The summed E-state index contributed by atoms with van der Waals surface area (Å²) in [5.74, 6) is 0.151. The van der Waals surface area contributed by atoms with Crippen molar-refractivity contribution in [3.8, 4) is 0 Å². The number of hydrogen-bond acceptors (Lipinski definition) is 5. The van der Waals surface area contributed by atoms with Crippen LogP contribution in [0.1, 0.15) is 34.6 Å². The van der Waals surface area contributed by atoms with Crippen LogP contribution in [0.4, 0.5) is 0 Å². The first kappa shape index (κ1) is 17.5. The molecule has 2 fully saturated rings. The van der Waals surface area contributed by atoms with Crippen LogP contribution < -0.4 is 0 Å². The molecule has 3 aliphatic rings. The molecule has 0 bridgehead atoms. The van der Waals surface area contributed by atoms with Gasteiger partial charge in [0.2, 0.25) is 5.91 Å². The fourth-order valence-electron chi connectivity index (χ4n) is 4.09. The SMILES string of the molecule is CN1CCc2[nH]nc(C(=O)N3CCCN(C(=O)C4CCOC4)CC3)c2C1. The Morgan fingerprint density at radius 1 is 1.15 bits per heavy atom. The molecule has 0 saturated carbocycles. The molecule has 8 nitrogen and oxygen atoms in total. The van der Waals surface area contributed by atoms with Gasteiger partial charge in [-0.2, -0.15) is 5.10 Å². The van der Waals surface area contributed by atoms with Crippen molar-refractivity contribution in [2.45, 2.75) is 25.8 Å². The molecular weight excluding hydrogens is 334 g/mol. The largest absolute Gasteiger partial charge is 0.381 e. The fraction of sp³-hybridized carbons (Fsp3) is 0.722. The van der Waals surface area contributed by atoms with Gasteiger partial charge in [-0.3, -0.25) is 14.7 Å². The summed E-state index contributed by atoms with van der Waals surface area (Å²) in [4.78, 5) is 31.6. The number of amides is 2. The highest BCUT2D eigenvalue weighted by Gasteiger charge is 2.32. The standard InChI is InChI=1S/C18H27N5O3/c1-21-7-3-15-14(11-21)16(20-19-15)18(25)23-6-2-5-22(8-9-23)17(24)13-4-10-26-12-13/h13H,2-12H2,1H3,(H,19,20). The Morgan fingerprint density at radius 3 is 2.77 bits per heavy atom. The highest BCUT2D eigenvalue weighted by Crippen LogP contribution is 2.22. The second kappa shape index (κ2) is 7.36. The van der Waals surface area contributed by atoms with Gasteiger partial charge in [0.05, 0.1) is 12.5 Å². The number of nitrogens with zero attached hydrogens (tertiary/aromatic N) is 4. The summed E-state index contributed by atoms with van der Waals surface area (Å²) in [6.07, 6.45) is 2.51. The number of aromatic nitrogens is 2. The van der Waals surface area contributed by atoms with Gasteiger partial charge in [-0.1, -0.05) is 0 Å². The van der Waals surface area contributed by atoms with Crippen molar-refractivity contribution in [2.75, 3.05) is 53.0 Å². The number of carbonyl (C=O) groups is 2. The first-order chi connectivity index (χ1) is 12.6. The summed E-state index contributed by atoms with van der Waals surface area (Å²) in [7, 11) is 2.06. The molecule has 1 unspecified atom stereocenters. The molecule has 3 aliphatic heterocycles. The molecule has 142 valence electrons. The molecule has 0 spiro atoms. The van der Waals surface area contributed by atoms with Crippen molar-refractivity contribution in [2.24, 2.45) is 5.92 Å². The van der Waals surface area contributed by atoms with Gasteiger partial charge in [-0.05, 0) is 19.9 Å². The lowest BCUT2D eigenvalue weighted by Gasteiger charge is -2.25. The molecule has 2 amide bonds. The first-order valence-electron chi connectivity index (χ1n) is 9.54. The van der Waals surface area contributed by atoms with Gasteiger partial charge >= 0.3 is 0 Å². The van der Waals surface area contributed by atoms with Crippen molar-refractivity contribution in [1.29, 1.82) is 0 Å². The number of carbonyl (C=O) groups excluding carboxylic acids is 2. The van der Waals surface area contributed by atoms with Crippen LogP contribution in [0.3, 0.4) is 0 Å². The van der Waals surface area contributed by atoms with E-state index in [-0.39, 0.29) is 17.7 Å². The van der Waals surface area contributed by atoms with Crippen molar-refractivity contribution >= 4 is 11.8 Å². The first-order valence-corrected chi connectivity index (χ1v) is 9.54. The maximum absolute atomic E-state index is 13.0. The Morgan fingerprint density at radius 2 is 1.96 bits per heavy atom. The van der Waals surface area contributed by atoms with E-state index in [0.717, 1.165) is 43.6 Å². The van der Waals surface area contributed by atoms with Crippen LogP contribution in [0.2, 0.25) is 0 Å². The maximum atomic E-state index is 13.0. The Bertz CT molecular complexity index is 682. The van der Waals surface area contributed by atoms with Crippen molar-refractivity contribution in [1.82, 2.24) is 24.9 Å². The summed E-state index contributed by atoms with van der Waals surface area (Å²) in [5, 5.41) is 7.36. The van der Waals surface area contributed by atoms with Crippen LogP contribution in [0.15, 0.2) is 0 Å². The molecule has 0 aromatic carbocycles. The molecule has 4 rings (SSSR count). The molecule has 8 heteroatoms. The predicted molar refractivity (Wildman–Crippen MR) is 94.7 cm³/mol. The van der Waals surface area contributed by atoms with Gasteiger partial charge in [0.25, 0.3) is 5.91 Å². The van der Waals surface area contributed by atoms with E-state index in [1.807, 2.05) is 9.80 Å². The topological polar surface area (TPSA) is 81.8 Å². The Hall–Kier alpha value is -1.93. The number of likely N-dealkylation sites (N-methyl/N-ethyl adjacent to an activating group) is 1. The predicted octanol–water partition coefficient (Wildman–Crippen LogP) is 0.109. The lowest BCUT2D eigenvalue weighted by Crippen LogP contribution is -2.40. The van der Waals surface area contributed by atoms with E-state index in [4.69, 9.17) is 4.74 Å². The number of H-pyrrole nitrogens is 1. The number of hydrogen-bond donors (Lipinski definition) is 1. The normalized spacial score (nSPS) is 24.4. The van der Waals surface area contributed by atoms with Crippen molar-refractivity contribution in [3.63, 3.8) is 0 Å². The number of aromatic amines is 1. The van der Waals surface area contributed by atoms with E-state index in [1.165, 1.54) is 0 Å². The molecule has 1 atom stereocenters. The summed E-state index contributed by atoms with van der Waals surface area (Å²) in [6.45, 7) is 5.48. The zero-order valence-electron chi connectivity index (χ0n) is 15.4. The van der Waals surface area contributed by atoms with Crippen LogP contribution in [0.5, 0.6) is 0 Å². The minimum atomic E-state index is -0.0173. The Kier molecular flexibility index (Phi) is 4.95. The maximum Gasteiger partial charge on any atom is 0.274 e. The zero-order valence-corrected chi connectivity index (χ0v) is 15.4. The van der Waals surface area contributed by atoms with Crippen LogP contribution >= 0.6 is 0 Å². The average molecular weight is 361 g/mol. The minimum Gasteiger partial charge on any atom is -0.381 e. The second-order valence-electron chi connectivity index (χ2n) is 7.55. The number of rotatable bonds is 2. The van der Waals surface area contributed by atoms with Gasteiger partial charge in [0.15, 0.2) is 5.69 Å². The van der Waals surface area contributed by atoms with E-state index >= 15 is 0 Å². The average Bonchev–Trinajstić information content (AvgIpc) is 3.25. The van der Waals surface area contributed by atoms with Crippen molar-refractivity contribution in [3.05, 3.63) is 17.0 Å². The van der Waals surface area contributed by atoms with E-state index in [9.17, 15) is 9.59 Å². The third-order valence-corrected chi connectivity index (χ3v) is 5.70. The van der Waals surface area contributed by atoms with E-state index in [0.29, 0.717) is 45.1 Å². The lowest BCUT2D eigenvalue weighted by atomic mass is 10.1. The third-order valence-electron chi connectivity index (χ3n) is 5.70. The summed E-state index contributed by atoms with van der Waals surface area (Å²) in [6, 6.07) is 0. The van der Waals surface area contributed by atoms with Crippen molar-refractivity contribution < 1.29 is 14.3 Å². The Labute approximate surface area is 153 Å². The van der Waals surface area contributed by atoms with Crippen LogP contribution in [-0.2, 0) is 22.5 Å². The molecule has 4 heterocycles. The third kappa shape index (κ3) is 3.35. The van der Waals surface area contributed by atoms with E-state index in [1.54, 1.807) is 0 Å². The highest BCUT2D eigenvalue weighted by atomic mass is 16.5. The zero-order chi connectivity index (χ0) is 18.1. The van der Waals surface area contributed by atoms with Crippen LogP contribution in [0.25, 0.3) is 0 Å². The van der Waals surface area contributed by atoms with Crippen LogP contribution in [0, 0.1) is 5.92 Å². The van der Waals surface area contributed by atoms with E-state index < -0.39 is 0 Å². The fourth-order valence-corrected chi connectivity index (χ4v) is 4.09. The summed E-state index contributed by atoms with van der Waals surface area (Å²) >= 11 is 0. The van der Waals surface area contributed by atoms with Gasteiger partial charge in [-0.15, -0.1) is 0 Å². The van der Waals surface area contributed by atoms with Gasteiger partial charge in [0, 0.05) is 63.6 Å². The molecule has 1 aromatic rings. The smallest absolute Gasteiger partial charge is 0.274 e. The highest BCUT2D eigenvalue weighted by molar-refractivity contribution is 5.94. The molecular formula is C18H27N5O3. The van der Waals surface area contributed by atoms with Crippen LogP contribution in [-0.4, -0.2) is 89.7 Å². The molecule has 1 aromatic heterocycles. The van der Waals surface area contributed by atoms with Gasteiger partial charge in [-0.25, -0.2) is 0 Å².